The van der Waals surface area contributed by atoms with Crippen molar-refractivity contribution in [1.29, 1.82) is 0 Å². The number of phenols is 2. The Labute approximate surface area is 155 Å². The number of allylic oxidation sites excluding steroid dienone is 1. The van der Waals surface area contributed by atoms with E-state index in [4.69, 9.17) is 0 Å². The van der Waals surface area contributed by atoms with Crippen LogP contribution in [0.2, 0.25) is 0 Å². The van der Waals surface area contributed by atoms with E-state index in [-0.39, 0.29) is 17.4 Å². The minimum atomic E-state index is 0.0553. The summed E-state index contributed by atoms with van der Waals surface area (Å²) in [7, 11) is 0. The normalized spacial score (nSPS) is 11.7. The zero-order valence-corrected chi connectivity index (χ0v) is 15.2. The second kappa shape index (κ2) is 7.92. The molecule has 3 aromatic carbocycles. The molecule has 132 valence electrons. The largest absolute Gasteiger partial charge is 0.507 e. The standard InChI is InChI=1S/C24H24O2/c1-17(2)24-22(25)15-21(16-23(24)26)20(13-18-9-5-3-6-10-18)14-19-11-7-4-8-12-19/h3-13,15-17,25-26H,14H2,1-2H3/b20-13-. The Morgan fingerprint density at radius 3 is 1.92 bits per heavy atom. The number of phenolic OH excluding ortho intramolecular Hbond substituents is 2. The van der Waals surface area contributed by atoms with Crippen molar-refractivity contribution in [1.82, 2.24) is 0 Å². The zero-order chi connectivity index (χ0) is 18.5. The van der Waals surface area contributed by atoms with Crippen LogP contribution in [0.15, 0.2) is 72.8 Å². The number of rotatable bonds is 5. The molecular weight excluding hydrogens is 320 g/mol. The number of benzene rings is 3. The maximum absolute atomic E-state index is 10.4. The van der Waals surface area contributed by atoms with E-state index in [1.54, 1.807) is 12.1 Å². The first-order valence-electron chi connectivity index (χ1n) is 8.90. The Bertz CT molecular complexity index is 871. The first-order valence-corrected chi connectivity index (χ1v) is 8.90. The summed E-state index contributed by atoms with van der Waals surface area (Å²) in [6.07, 6.45) is 2.83. The van der Waals surface area contributed by atoms with Gasteiger partial charge < -0.3 is 10.2 Å². The van der Waals surface area contributed by atoms with Gasteiger partial charge in [-0.1, -0.05) is 80.6 Å². The van der Waals surface area contributed by atoms with E-state index in [0.717, 1.165) is 23.1 Å². The van der Waals surface area contributed by atoms with Crippen LogP contribution in [0.5, 0.6) is 11.5 Å². The second-order valence-electron chi connectivity index (χ2n) is 6.83. The van der Waals surface area contributed by atoms with Gasteiger partial charge in [0.15, 0.2) is 0 Å². The van der Waals surface area contributed by atoms with Crippen LogP contribution in [0.25, 0.3) is 11.6 Å². The van der Waals surface area contributed by atoms with Gasteiger partial charge in [0.05, 0.1) is 0 Å². The molecule has 0 heterocycles. The summed E-state index contributed by atoms with van der Waals surface area (Å²) in [5.74, 6) is 0.337. The Hall–Kier alpha value is -3.00. The lowest BCUT2D eigenvalue weighted by Crippen LogP contribution is -1.95. The third-order valence-corrected chi connectivity index (χ3v) is 4.46. The summed E-state index contributed by atoms with van der Waals surface area (Å²) in [6, 6.07) is 23.8. The van der Waals surface area contributed by atoms with Crippen molar-refractivity contribution in [2.45, 2.75) is 26.2 Å². The van der Waals surface area contributed by atoms with Crippen molar-refractivity contribution >= 4 is 11.6 Å². The molecule has 2 nitrogen and oxygen atoms in total. The summed E-state index contributed by atoms with van der Waals surface area (Å²) < 4.78 is 0. The molecule has 0 spiro atoms. The smallest absolute Gasteiger partial charge is 0.123 e. The van der Waals surface area contributed by atoms with Crippen LogP contribution in [0, 0.1) is 0 Å². The van der Waals surface area contributed by atoms with Crippen molar-refractivity contribution in [2.24, 2.45) is 0 Å². The molecule has 2 N–H and O–H groups in total. The van der Waals surface area contributed by atoms with Gasteiger partial charge >= 0.3 is 0 Å². The zero-order valence-electron chi connectivity index (χ0n) is 15.2. The van der Waals surface area contributed by atoms with Crippen LogP contribution in [-0.2, 0) is 6.42 Å². The summed E-state index contributed by atoms with van der Waals surface area (Å²) >= 11 is 0. The highest BCUT2D eigenvalue weighted by Crippen LogP contribution is 2.37. The average Bonchev–Trinajstić information content (AvgIpc) is 2.62. The van der Waals surface area contributed by atoms with Crippen LogP contribution in [0.4, 0.5) is 0 Å². The van der Waals surface area contributed by atoms with Gasteiger partial charge in [-0.2, -0.15) is 0 Å². The van der Waals surface area contributed by atoms with Crippen LogP contribution in [0.3, 0.4) is 0 Å². The molecule has 0 aliphatic rings. The maximum Gasteiger partial charge on any atom is 0.123 e. The molecule has 0 atom stereocenters. The minimum Gasteiger partial charge on any atom is -0.507 e. The van der Waals surface area contributed by atoms with Crippen molar-refractivity contribution in [3.63, 3.8) is 0 Å². The lowest BCUT2D eigenvalue weighted by atomic mass is 9.92. The van der Waals surface area contributed by atoms with Gasteiger partial charge in [0, 0.05) is 5.56 Å². The van der Waals surface area contributed by atoms with Gasteiger partial charge in [0.25, 0.3) is 0 Å². The highest BCUT2D eigenvalue weighted by atomic mass is 16.3. The molecule has 0 radical (unpaired) electrons. The van der Waals surface area contributed by atoms with Crippen LogP contribution in [-0.4, -0.2) is 10.2 Å². The molecule has 3 rings (SSSR count). The fraction of sp³-hybridized carbons (Fsp3) is 0.167. The third-order valence-electron chi connectivity index (χ3n) is 4.46. The molecule has 3 aromatic rings. The number of hydrogen-bond acceptors (Lipinski definition) is 2. The van der Waals surface area contributed by atoms with E-state index in [2.05, 4.69) is 18.2 Å². The Kier molecular flexibility index (Phi) is 5.43. The van der Waals surface area contributed by atoms with E-state index < -0.39 is 0 Å². The first-order chi connectivity index (χ1) is 12.5. The van der Waals surface area contributed by atoms with Gasteiger partial charge in [-0.05, 0) is 46.7 Å². The quantitative estimate of drug-likeness (QED) is 0.557. The summed E-state index contributed by atoms with van der Waals surface area (Å²) in [4.78, 5) is 0. The Morgan fingerprint density at radius 2 is 1.38 bits per heavy atom. The molecule has 0 amide bonds. The van der Waals surface area contributed by atoms with Gasteiger partial charge in [0.2, 0.25) is 0 Å². The van der Waals surface area contributed by atoms with Crippen LogP contribution in [0.1, 0.15) is 42.0 Å². The molecule has 0 fully saturated rings. The highest BCUT2D eigenvalue weighted by Gasteiger charge is 2.15. The maximum atomic E-state index is 10.4. The van der Waals surface area contributed by atoms with Gasteiger partial charge in [-0.3, -0.25) is 0 Å². The van der Waals surface area contributed by atoms with Gasteiger partial charge in [0.1, 0.15) is 11.5 Å². The molecule has 0 unspecified atom stereocenters. The molecule has 0 saturated heterocycles. The van der Waals surface area contributed by atoms with Gasteiger partial charge in [-0.25, -0.2) is 0 Å². The lowest BCUT2D eigenvalue weighted by Gasteiger charge is -2.15. The number of aromatic hydroxyl groups is 2. The van der Waals surface area contributed by atoms with Crippen LogP contribution >= 0.6 is 0 Å². The predicted octanol–water partition coefficient (Wildman–Crippen LogP) is 6.00. The molecule has 0 saturated carbocycles. The first kappa shape index (κ1) is 17.8. The van der Waals surface area contributed by atoms with E-state index >= 15 is 0 Å². The van der Waals surface area contributed by atoms with E-state index in [1.807, 2.05) is 62.4 Å². The van der Waals surface area contributed by atoms with Crippen molar-refractivity contribution in [3.8, 4) is 11.5 Å². The highest BCUT2D eigenvalue weighted by molar-refractivity contribution is 5.84. The Balaban J connectivity index is 2.07. The number of hydrogen-bond donors (Lipinski definition) is 2. The van der Waals surface area contributed by atoms with E-state index in [0.29, 0.717) is 5.56 Å². The minimum absolute atomic E-state index is 0.0553. The SMILES string of the molecule is CC(C)c1c(O)cc(/C(=C\c2ccccc2)Cc2ccccc2)cc1O. The van der Waals surface area contributed by atoms with Crippen molar-refractivity contribution < 1.29 is 10.2 Å². The monoisotopic (exact) mass is 344 g/mol. The predicted molar refractivity (Wildman–Crippen MR) is 108 cm³/mol. The molecule has 0 aliphatic carbocycles. The summed E-state index contributed by atoms with van der Waals surface area (Å²) in [6.45, 7) is 3.91. The van der Waals surface area contributed by atoms with Crippen molar-refractivity contribution in [2.75, 3.05) is 0 Å². The third kappa shape index (κ3) is 4.15. The summed E-state index contributed by atoms with van der Waals surface area (Å²) in [5.41, 5.74) is 4.74. The lowest BCUT2D eigenvalue weighted by molar-refractivity contribution is 0.433. The average molecular weight is 344 g/mol. The molecule has 2 heteroatoms. The Morgan fingerprint density at radius 1 is 0.846 bits per heavy atom. The second-order valence-corrected chi connectivity index (χ2v) is 6.83. The fourth-order valence-electron chi connectivity index (χ4n) is 3.20. The van der Waals surface area contributed by atoms with Crippen LogP contribution < -0.4 is 0 Å². The topological polar surface area (TPSA) is 40.5 Å². The van der Waals surface area contributed by atoms with Crippen molar-refractivity contribution in [3.05, 3.63) is 95.1 Å². The molecule has 26 heavy (non-hydrogen) atoms. The molecule has 0 aliphatic heterocycles. The molecular formula is C24H24O2. The van der Waals surface area contributed by atoms with E-state index in [9.17, 15) is 10.2 Å². The molecule has 0 bridgehead atoms. The fourth-order valence-corrected chi connectivity index (χ4v) is 3.20. The van der Waals surface area contributed by atoms with E-state index in [1.165, 1.54) is 5.56 Å². The van der Waals surface area contributed by atoms with Gasteiger partial charge in [-0.15, -0.1) is 0 Å². The molecule has 0 aromatic heterocycles. The summed E-state index contributed by atoms with van der Waals surface area (Å²) in [5, 5.41) is 20.9.